The van der Waals surface area contributed by atoms with Gasteiger partial charge in [0.05, 0.1) is 14.2 Å². The first-order chi connectivity index (χ1) is 13.2. The van der Waals surface area contributed by atoms with Crippen LogP contribution < -0.4 is 0 Å². The zero-order valence-electron chi connectivity index (χ0n) is 15.3. The highest BCUT2D eigenvalue weighted by Gasteiger charge is 2.54. The second-order valence-corrected chi connectivity index (χ2v) is 6.19. The van der Waals surface area contributed by atoms with Gasteiger partial charge in [0.25, 0.3) is 0 Å². The average molecular weight is 412 g/mol. The Labute approximate surface area is 159 Å². The van der Waals surface area contributed by atoms with Crippen LogP contribution in [0, 0.1) is 0 Å². The first-order valence-corrected chi connectivity index (χ1v) is 8.23. The largest absolute Gasteiger partial charge is 0.467 e. The number of hydrogen-bond donors (Lipinski definition) is 5. The van der Waals surface area contributed by atoms with Gasteiger partial charge < -0.3 is 54.0 Å². The number of methoxy groups -OCH3 is 3. The Balaban J connectivity index is 2.25. The van der Waals surface area contributed by atoms with Crippen LogP contribution in [0.1, 0.15) is 0 Å². The van der Waals surface area contributed by atoms with Crippen molar-refractivity contribution < 1.29 is 63.5 Å². The third kappa shape index (κ3) is 4.27. The van der Waals surface area contributed by atoms with Crippen LogP contribution in [0.3, 0.4) is 0 Å². The molecule has 0 saturated carbocycles. The summed E-state index contributed by atoms with van der Waals surface area (Å²) in [6, 6.07) is 0. The molecule has 0 spiro atoms. The number of esters is 2. The normalized spacial score (nSPS) is 44.0. The minimum atomic E-state index is -1.88. The second-order valence-electron chi connectivity index (χ2n) is 6.19. The molecule has 2 rings (SSSR count). The number of aliphatic hydroxyl groups excluding tert-OH is 5. The highest BCUT2D eigenvalue weighted by atomic mass is 16.7. The van der Waals surface area contributed by atoms with Crippen molar-refractivity contribution in [3.05, 3.63) is 0 Å². The number of carbonyl (C=O) groups is 2. The summed E-state index contributed by atoms with van der Waals surface area (Å²) in [4.78, 5) is 23.7. The predicted molar refractivity (Wildman–Crippen MR) is 83.3 cm³/mol. The van der Waals surface area contributed by atoms with E-state index in [0.29, 0.717) is 0 Å². The van der Waals surface area contributed by atoms with Gasteiger partial charge in [-0.3, -0.25) is 0 Å². The quantitative estimate of drug-likeness (QED) is 0.272. The molecule has 0 aliphatic carbocycles. The highest BCUT2D eigenvalue weighted by molar-refractivity contribution is 5.76. The van der Waals surface area contributed by atoms with Gasteiger partial charge in [0.15, 0.2) is 24.8 Å². The monoisotopic (exact) mass is 412 g/mol. The molecule has 0 aromatic rings. The fourth-order valence-corrected chi connectivity index (χ4v) is 2.92. The van der Waals surface area contributed by atoms with Crippen LogP contribution >= 0.6 is 0 Å². The summed E-state index contributed by atoms with van der Waals surface area (Å²) < 4.78 is 29.6. The Morgan fingerprint density at radius 2 is 1.18 bits per heavy atom. The van der Waals surface area contributed by atoms with Crippen LogP contribution in [0.15, 0.2) is 0 Å². The smallest absolute Gasteiger partial charge is 0.337 e. The number of rotatable bonds is 5. The molecule has 10 atom stereocenters. The van der Waals surface area contributed by atoms with Gasteiger partial charge in [-0.1, -0.05) is 0 Å². The lowest BCUT2D eigenvalue weighted by Gasteiger charge is -2.44. The molecule has 2 aliphatic heterocycles. The third-order valence-electron chi connectivity index (χ3n) is 4.50. The van der Waals surface area contributed by atoms with Crippen molar-refractivity contribution >= 4 is 11.9 Å². The van der Waals surface area contributed by atoms with E-state index in [2.05, 4.69) is 9.47 Å². The molecule has 0 radical (unpaired) electrons. The van der Waals surface area contributed by atoms with Gasteiger partial charge in [-0.2, -0.15) is 0 Å². The minimum Gasteiger partial charge on any atom is -0.467 e. The molecule has 2 saturated heterocycles. The topological polar surface area (TPSA) is 191 Å². The SMILES string of the molecule is COC(=O)[C@H]1O[C@H](O[C@H]2[C@H](O)[C@@H](O)[C@H](OC)O[C@@H]2C(=O)OC)[C@H](O)[C@@H](O)[C@@H]1O. The molecule has 0 bridgehead atoms. The molecular weight excluding hydrogens is 388 g/mol. The van der Waals surface area contributed by atoms with Crippen LogP contribution in [0.5, 0.6) is 0 Å². The lowest BCUT2D eigenvalue weighted by Crippen LogP contribution is -2.65. The van der Waals surface area contributed by atoms with Gasteiger partial charge in [-0.05, 0) is 0 Å². The molecule has 2 aliphatic rings. The Hall–Kier alpha value is -1.42. The minimum absolute atomic E-state index is 0.992. The van der Waals surface area contributed by atoms with Crippen LogP contribution in [-0.4, -0.2) is 120 Å². The summed E-state index contributed by atoms with van der Waals surface area (Å²) in [5.74, 6) is -2.05. The van der Waals surface area contributed by atoms with Crippen molar-refractivity contribution in [3.8, 4) is 0 Å². The lowest BCUT2D eigenvalue weighted by molar-refractivity contribution is -0.348. The van der Waals surface area contributed by atoms with Crippen molar-refractivity contribution in [2.75, 3.05) is 21.3 Å². The first-order valence-electron chi connectivity index (χ1n) is 8.23. The highest BCUT2D eigenvalue weighted by Crippen LogP contribution is 2.30. The van der Waals surface area contributed by atoms with Crippen LogP contribution in [0.25, 0.3) is 0 Å². The number of ether oxygens (including phenoxy) is 6. The average Bonchev–Trinajstić information content (AvgIpc) is 2.70. The molecule has 13 heteroatoms. The Kier molecular flexibility index (Phi) is 7.66. The van der Waals surface area contributed by atoms with E-state index < -0.39 is 73.4 Å². The Morgan fingerprint density at radius 3 is 1.71 bits per heavy atom. The molecule has 5 N–H and O–H groups in total. The van der Waals surface area contributed by atoms with Gasteiger partial charge in [-0.15, -0.1) is 0 Å². The van der Waals surface area contributed by atoms with Crippen molar-refractivity contribution in [2.45, 2.75) is 61.4 Å². The van der Waals surface area contributed by atoms with E-state index in [-0.39, 0.29) is 0 Å². The molecule has 28 heavy (non-hydrogen) atoms. The molecule has 0 aromatic carbocycles. The van der Waals surface area contributed by atoms with Crippen molar-refractivity contribution in [2.24, 2.45) is 0 Å². The number of carbonyl (C=O) groups excluding carboxylic acids is 2. The van der Waals surface area contributed by atoms with Crippen LogP contribution in [0.2, 0.25) is 0 Å². The molecular formula is C15H24O13. The van der Waals surface area contributed by atoms with Crippen molar-refractivity contribution in [1.82, 2.24) is 0 Å². The molecule has 2 fully saturated rings. The zero-order chi connectivity index (χ0) is 21.2. The molecule has 0 unspecified atom stereocenters. The third-order valence-corrected chi connectivity index (χ3v) is 4.50. The molecule has 0 amide bonds. The Morgan fingerprint density at radius 1 is 0.679 bits per heavy atom. The summed E-state index contributed by atoms with van der Waals surface area (Å²) in [6.45, 7) is 0. The standard InChI is InChI=1S/C15H24O13/c1-23-12(21)10-5(17)4(16)7(19)15(27-10)26-9-6(18)8(20)14(25-3)28-11(9)13(22)24-2/h4-11,14-20H,1-3H3/t4-,5-,6+,7+,8+,9-,10-,11-,14+,15-/m0/s1. The predicted octanol–water partition coefficient (Wildman–Crippen LogP) is -4.38. The van der Waals surface area contributed by atoms with Crippen LogP contribution in [-0.2, 0) is 38.0 Å². The van der Waals surface area contributed by atoms with E-state index in [4.69, 9.17) is 18.9 Å². The maximum atomic E-state index is 12.0. The van der Waals surface area contributed by atoms with Gasteiger partial charge in [0.1, 0.15) is 36.6 Å². The molecule has 162 valence electrons. The van der Waals surface area contributed by atoms with E-state index in [0.717, 1.165) is 14.2 Å². The van der Waals surface area contributed by atoms with Gasteiger partial charge in [0, 0.05) is 7.11 Å². The fraction of sp³-hybridized carbons (Fsp3) is 0.867. The lowest BCUT2D eigenvalue weighted by atomic mass is 9.96. The summed E-state index contributed by atoms with van der Waals surface area (Å²) in [5, 5.41) is 50.3. The maximum Gasteiger partial charge on any atom is 0.337 e. The number of aliphatic hydroxyl groups is 5. The van der Waals surface area contributed by atoms with Gasteiger partial charge in [-0.25, -0.2) is 9.59 Å². The molecule has 2 heterocycles. The summed E-state index contributed by atoms with van der Waals surface area (Å²) in [6.07, 6.45) is -17.1. The molecule has 13 nitrogen and oxygen atoms in total. The van der Waals surface area contributed by atoms with E-state index in [1.165, 1.54) is 7.11 Å². The summed E-state index contributed by atoms with van der Waals surface area (Å²) in [5.41, 5.74) is 0. The zero-order valence-corrected chi connectivity index (χ0v) is 15.3. The van der Waals surface area contributed by atoms with Crippen molar-refractivity contribution in [3.63, 3.8) is 0 Å². The van der Waals surface area contributed by atoms with E-state index in [1.54, 1.807) is 0 Å². The summed E-state index contributed by atoms with van der Waals surface area (Å²) >= 11 is 0. The molecule has 0 aromatic heterocycles. The first kappa shape index (κ1) is 22.9. The van der Waals surface area contributed by atoms with Gasteiger partial charge in [0.2, 0.25) is 0 Å². The van der Waals surface area contributed by atoms with E-state index in [1.807, 2.05) is 0 Å². The second kappa shape index (κ2) is 9.39. The Bertz CT molecular complexity index is 556. The fourth-order valence-electron chi connectivity index (χ4n) is 2.92. The van der Waals surface area contributed by atoms with Crippen molar-refractivity contribution in [1.29, 1.82) is 0 Å². The van der Waals surface area contributed by atoms with Crippen LogP contribution in [0.4, 0.5) is 0 Å². The van der Waals surface area contributed by atoms with E-state index >= 15 is 0 Å². The van der Waals surface area contributed by atoms with E-state index in [9.17, 15) is 35.1 Å². The van der Waals surface area contributed by atoms with Gasteiger partial charge >= 0.3 is 11.9 Å². The maximum absolute atomic E-state index is 12.0. The number of hydrogen-bond acceptors (Lipinski definition) is 13. The summed E-state index contributed by atoms with van der Waals surface area (Å²) in [7, 11) is 3.23.